The smallest absolute Gasteiger partial charge is 0.222 e. The van der Waals surface area contributed by atoms with Crippen molar-refractivity contribution in [2.45, 2.75) is 24.0 Å². The van der Waals surface area contributed by atoms with Crippen molar-refractivity contribution in [3.63, 3.8) is 0 Å². The molecule has 4 atom stereocenters. The van der Waals surface area contributed by atoms with Gasteiger partial charge in [-0.2, -0.15) is 4.98 Å². The first-order chi connectivity index (χ1) is 10.0. The first-order valence-corrected chi connectivity index (χ1v) is 6.10. The Morgan fingerprint density at radius 1 is 1.48 bits per heavy atom. The van der Waals surface area contributed by atoms with Crippen LogP contribution in [0.3, 0.4) is 0 Å². The van der Waals surface area contributed by atoms with Gasteiger partial charge < -0.3 is 25.8 Å². The maximum Gasteiger partial charge on any atom is 0.222 e. The van der Waals surface area contributed by atoms with Gasteiger partial charge in [-0.1, -0.05) is 5.92 Å². The van der Waals surface area contributed by atoms with Gasteiger partial charge in [0.05, 0.1) is 19.1 Å². The quantitative estimate of drug-likeness (QED) is 0.467. The summed E-state index contributed by atoms with van der Waals surface area (Å²) >= 11 is 0. The molecule has 2 aromatic heterocycles. The molecule has 3 heterocycles. The molecule has 21 heavy (non-hydrogen) atoms. The van der Waals surface area contributed by atoms with E-state index in [0.29, 0.717) is 11.2 Å². The lowest BCUT2D eigenvalue weighted by atomic mass is 9.97. The number of nitrogen functional groups attached to an aromatic ring is 1. The van der Waals surface area contributed by atoms with E-state index < -0.39 is 30.6 Å². The molecule has 0 bridgehead atoms. The third kappa shape index (κ3) is 1.85. The van der Waals surface area contributed by atoms with Gasteiger partial charge in [-0.15, -0.1) is 6.42 Å². The average molecular weight is 291 g/mol. The van der Waals surface area contributed by atoms with Crippen molar-refractivity contribution in [3.8, 4) is 12.3 Å². The second kappa shape index (κ2) is 4.64. The Hall–Kier alpha value is -2.25. The number of imidazole rings is 1. The molecule has 0 spiro atoms. The molecule has 1 fully saturated rings. The number of terminal acetylenes is 1. The maximum absolute atomic E-state index is 10.2. The van der Waals surface area contributed by atoms with E-state index in [9.17, 15) is 15.3 Å². The summed E-state index contributed by atoms with van der Waals surface area (Å²) in [4.78, 5) is 11.9. The summed E-state index contributed by atoms with van der Waals surface area (Å²) < 4.78 is 6.88. The molecule has 3 rings (SSSR count). The second-order valence-electron chi connectivity index (χ2n) is 4.72. The minimum Gasteiger partial charge on any atom is -0.392 e. The number of anilines is 1. The Morgan fingerprint density at radius 2 is 2.24 bits per heavy atom. The summed E-state index contributed by atoms with van der Waals surface area (Å²) in [5.41, 5.74) is 4.61. The summed E-state index contributed by atoms with van der Waals surface area (Å²) in [7, 11) is 0. The van der Waals surface area contributed by atoms with Gasteiger partial charge in [0, 0.05) is 0 Å². The number of rotatable bonds is 2. The molecule has 9 heteroatoms. The number of fused-ring (bicyclic) bond motifs is 1. The fourth-order valence-corrected chi connectivity index (χ4v) is 2.33. The Labute approximate surface area is 119 Å². The molecule has 0 radical (unpaired) electrons. The molecule has 0 aromatic carbocycles. The highest BCUT2D eigenvalue weighted by atomic mass is 16.6. The zero-order valence-corrected chi connectivity index (χ0v) is 10.8. The van der Waals surface area contributed by atoms with Gasteiger partial charge in [0.25, 0.3) is 0 Å². The van der Waals surface area contributed by atoms with E-state index in [1.165, 1.54) is 17.1 Å². The van der Waals surface area contributed by atoms with Gasteiger partial charge in [-0.25, -0.2) is 9.97 Å². The maximum atomic E-state index is 10.2. The number of nitrogens with two attached hydrogens (primary N) is 1. The van der Waals surface area contributed by atoms with Crippen molar-refractivity contribution in [2.75, 3.05) is 12.3 Å². The second-order valence-corrected chi connectivity index (χ2v) is 4.72. The molecule has 2 aromatic rings. The number of ether oxygens (including phenoxy) is 1. The number of aliphatic hydroxyl groups is 3. The Morgan fingerprint density at radius 3 is 2.86 bits per heavy atom. The van der Waals surface area contributed by atoms with Crippen LogP contribution < -0.4 is 5.73 Å². The van der Waals surface area contributed by atoms with Crippen LogP contribution in [0, 0.1) is 12.3 Å². The van der Waals surface area contributed by atoms with Crippen LogP contribution in [0.2, 0.25) is 0 Å². The van der Waals surface area contributed by atoms with Gasteiger partial charge in [-0.05, 0) is 0 Å². The third-order valence-corrected chi connectivity index (χ3v) is 3.51. The van der Waals surface area contributed by atoms with Crippen molar-refractivity contribution in [1.29, 1.82) is 0 Å². The topological polar surface area (TPSA) is 140 Å². The zero-order valence-electron chi connectivity index (χ0n) is 10.8. The van der Waals surface area contributed by atoms with Crippen LogP contribution in [0.25, 0.3) is 11.2 Å². The van der Waals surface area contributed by atoms with Gasteiger partial charge in [0.2, 0.25) is 5.95 Å². The summed E-state index contributed by atoms with van der Waals surface area (Å²) in [5, 5.41) is 29.6. The Bertz CT molecular complexity index is 726. The molecule has 110 valence electrons. The van der Waals surface area contributed by atoms with E-state index in [-0.39, 0.29) is 5.95 Å². The first-order valence-electron chi connectivity index (χ1n) is 6.10. The Balaban J connectivity index is 2.08. The lowest BCUT2D eigenvalue weighted by Crippen LogP contribution is -2.44. The highest BCUT2D eigenvalue weighted by Gasteiger charge is 2.54. The van der Waals surface area contributed by atoms with Gasteiger partial charge in [-0.3, -0.25) is 4.57 Å². The fourth-order valence-electron chi connectivity index (χ4n) is 2.33. The fraction of sp³-hybridized carbons (Fsp3) is 0.417. The molecule has 0 aliphatic carbocycles. The van der Waals surface area contributed by atoms with Crippen LogP contribution in [-0.2, 0) is 4.74 Å². The molecular weight excluding hydrogens is 278 g/mol. The molecule has 0 saturated carbocycles. The van der Waals surface area contributed by atoms with Gasteiger partial charge in [0.15, 0.2) is 17.5 Å². The lowest BCUT2D eigenvalue weighted by molar-refractivity contribution is -0.0910. The average Bonchev–Trinajstić information content (AvgIpc) is 3.00. The molecule has 5 N–H and O–H groups in total. The number of hydrogen-bond acceptors (Lipinski definition) is 8. The van der Waals surface area contributed by atoms with E-state index in [4.69, 9.17) is 16.9 Å². The van der Waals surface area contributed by atoms with Crippen LogP contribution in [-0.4, -0.2) is 59.3 Å². The number of aromatic nitrogens is 4. The van der Waals surface area contributed by atoms with E-state index in [1.807, 2.05) is 0 Å². The molecule has 0 amide bonds. The van der Waals surface area contributed by atoms with Gasteiger partial charge in [0.1, 0.15) is 17.7 Å². The molecule has 9 nitrogen and oxygen atoms in total. The largest absolute Gasteiger partial charge is 0.392 e. The molecular formula is C12H13N5O4. The van der Waals surface area contributed by atoms with Crippen molar-refractivity contribution >= 4 is 17.1 Å². The van der Waals surface area contributed by atoms with E-state index in [0.717, 1.165) is 0 Å². The minimum absolute atomic E-state index is 0.0302. The summed E-state index contributed by atoms with van der Waals surface area (Å²) in [6.45, 7) is -0.637. The Kier molecular flexibility index (Phi) is 3.03. The standard InChI is InChI=1S/C12H13N5O4/c1-2-12(4-18)8(20)7(19)10(21-12)17-5-15-6-3-14-11(13)16-9(6)17/h1,3,5,7-8,10,18-20H,4H2,(H2,13,14,16)/t7?,8-,10-,12-/m1/s1. The van der Waals surface area contributed by atoms with Crippen LogP contribution in [0.15, 0.2) is 12.5 Å². The summed E-state index contributed by atoms with van der Waals surface area (Å²) in [6, 6.07) is 0. The summed E-state index contributed by atoms with van der Waals surface area (Å²) in [6.07, 6.45) is 4.23. The molecule has 1 aliphatic rings. The van der Waals surface area contributed by atoms with E-state index in [2.05, 4.69) is 20.9 Å². The number of hydrogen-bond donors (Lipinski definition) is 4. The molecule has 1 aliphatic heterocycles. The third-order valence-electron chi connectivity index (χ3n) is 3.51. The number of nitrogens with zero attached hydrogens (tertiary/aromatic N) is 4. The highest BCUT2D eigenvalue weighted by Crippen LogP contribution is 2.37. The van der Waals surface area contributed by atoms with Crippen LogP contribution >= 0.6 is 0 Å². The van der Waals surface area contributed by atoms with Crippen LogP contribution in [0.5, 0.6) is 0 Å². The zero-order chi connectivity index (χ0) is 15.2. The predicted molar refractivity (Wildman–Crippen MR) is 70.5 cm³/mol. The van der Waals surface area contributed by atoms with Crippen molar-refractivity contribution in [3.05, 3.63) is 12.5 Å². The van der Waals surface area contributed by atoms with E-state index in [1.54, 1.807) is 0 Å². The normalized spacial score (nSPS) is 32.4. The van der Waals surface area contributed by atoms with Crippen molar-refractivity contribution in [2.24, 2.45) is 0 Å². The molecule has 1 unspecified atom stereocenters. The summed E-state index contributed by atoms with van der Waals surface area (Å²) in [5.74, 6) is 2.22. The molecule has 1 saturated heterocycles. The van der Waals surface area contributed by atoms with E-state index >= 15 is 0 Å². The number of aliphatic hydroxyl groups excluding tert-OH is 3. The van der Waals surface area contributed by atoms with Crippen molar-refractivity contribution in [1.82, 2.24) is 19.5 Å². The minimum atomic E-state index is -1.68. The lowest BCUT2D eigenvalue weighted by Gasteiger charge is -2.23. The van der Waals surface area contributed by atoms with Gasteiger partial charge >= 0.3 is 0 Å². The SMILES string of the molecule is C#C[C@]1(CO)O[C@@H](n2cnc3cnc(N)nc32)C(O)[C@H]1O. The predicted octanol–water partition coefficient (Wildman–Crippen LogP) is -1.98. The first kappa shape index (κ1) is 13.7. The monoisotopic (exact) mass is 291 g/mol. The van der Waals surface area contributed by atoms with Crippen molar-refractivity contribution < 1.29 is 20.1 Å². The van der Waals surface area contributed by atoms with Crippen LogP contribution in [0.1, 0.15) is 6.23 Å². The van der Waals surface area contributed by atoms with Crippen LogP contribution in [0.4, 0.5) is 5.95 Å². The highest BCUT2D eigenvalue weighted by molar-refractivity contribution is 5.70.